The lowest BCUT2D eigenvalue weighted by Gasteiger charge is -2.40. The number of phenolic OH excluding ortho intramolecular Hbond substituents is 2. The van der Waals surface area contributed by atoms with E-state index in [2.05, 4.69) is 0 Å². The number of aliphatic hydroxyl groups is 2. The van der Waals surface area contributed by atoms with Crippen molar-refractivity contribution in [2.24, 2.45) is 11.7 Å². The second kappa shape index (κ2) is 9.75. The Morgan fingerprint density at radius 2 is 1.82 bits per heavy atom. The molecule has 1 fully saturated rings. The Labute approximate surface area is 217 Å². The standard InChI is InChI=1S/C27H29NO10/c1-10-23(31)14(28)8-18(37-10)38-17-7-11(15(30)9-29)6-13-20(17)27(35)22-21(25(13)33)24(32)12-4-3-5-16(36-2)19(12)26(22)34/h3-5,10-11,14,17-18,23,29,31,33,35H,6-9,28H2,1-2H3/t10-,11?,14-,17-,18-,23+/m0/s1. The van der Waals surface area contributed by atoms with Crippen LogP contribution in [0.1, 0.15) is 68.8 Å². The van der Waals surface area contributed by atoms with Crippen LogP contribution in [0, 0.1) is 5.92 Å². The molecule has 0 saturated carbocycles. The molecular formula is C27H29NO10. The Hall–Kier alpha value is -3.35. The van der Waals surface area contributed by atoms with Crippen molar-refractivity contribution in [1.82, 2.24) is 0 Å². The van der Waals surface area contributed by atoms with Crippen molar-refractivity contribution in [2.75, 3.05) is 13.7 Å². The number of hydrogen-bond acceptors (Lipinski definition) is 11. The molecule has 1 saturated heterocycles. The van der Waals surface area contributed by atoms with Gasteiger partial charge in [-0.25, -0.2) is 0 Å². The van der Waals surface area contributed by atoms with Gasteiger partial charge in [0.1, 0.15) is 23.9 Å². The van der Waals surface area contributed by atoms with Crippen molar-refractivity contribution in [3.63, 3.8) is 0 Å². The van der Waals surface area contributed by atoms with Crippen LogP contribution in [0.25, 0.3) is 0 Å². The number of carbonyl (C=O) groups is 3. The van der Waals surface area contributed by atoms with Gasteiger partial charge in [0.25, 0.3) is 0 Å². The molecule has 202 valence electrons. The molecule has 5 rings (SSSR count). The molecule has 0 radical (unpaired) electrons. The summed E-state index contributed by atoms with van der Waals surface area (Å²) in [5.41, 5.74) is 5.39. The summed E-state index contributed by atoms with van der Waals surface area (Å²) in [6.07, 6.45) is -3.54. The Morgan fingerprint density at radius 3 is 2.47 bits per heavy atom. The van der Waals surface area contributed by atoms with E-state index in [4.69, 9.17) is 19.9 Å². The molecule has 1 aliphatic heterocycles. The second-order valence-corrected chi connectivity index (χ2v) is 9.93. The maximum Gasteiger partial charge on any atom is 0.202 e. The van der Waals surface area contributed by atoms with E-state index in [0.717, 1.165) is 0 Å². The number of fused-ring (bicyclic) bond motifs is 3. The maximum atomic E-state index is 13.6. The highest BCUT2D eigenvalue weighted by molar-refractivity contribution is 6.31. The minimum atomic E-state index is -1.06. The third-order valence-electron chi connectivity index (χ3n) is 7.71. The Kier molecular flexibility index (Phi) is 6.74. The van der Waals surface area contributed by atoms with Gasteiger partial charge in [-0.05, 0) is 25.8 Å². The van der Waals surface area contributed by atoms with Crippen LogP contribution in [0.15, 0.2) is 18.2 Å². The van der Waals surface area contributed by atoms with Crippen LogP contribution in [-0.4, -0.2) is 76.0 Å². The van der Waals surface area contributed by atoms with Crippen LogP contribution in [-0.2, 0) is 20.7 Å². The number of phenols is 2. The van der Waals surface area contributed by atoms with E-state index in [9.17, 15) is 34.8 Å². The second-order valence-electron chi connectivity index (χ2n) is 9.93. The van der Waals surface area contributed by atoms with Gasteiger partial charge in [0, 0.05) is 35.1 Å². The third kappa shape index (κ3) is 3.98. The largest absolute Gasteiger partial charge is 0.507 e. The number of ether oxygens (including phenoxy) is 3. The molecule has 2 aromatic carbocycles. The van der Waals surface area contributed by atoms with Gasteiger partial charge < -0.3 is 40.4 Å². The fraction of sp³-hybridized carbons (Fsp3) is 0.444. The van der Waals surface area contributed by atoms with Gasteiger partial charge in [-0.3, -0.25) is 14.4 Å². The minimum Gasteiger partial charge on any atom is -0.507 e. The van der Waals surface area contributed by atoms with Gasteiger partial charge in [-0.2, -0.15) is 0 Å². The van der Waals surface area contributed by atoms with Crippen LogP contribution in [0.5, 0.6) is 17.2 Å². The summed E-state index contributed by atoms with van der Waals surface area (Å²) in [6.45, 7) is 0.880. The molecule has 6 N–H and O–H groups in total. The van der Waals surface area contributed by atoms with Gasteiger partial charge in [0.05, 0.1) is 42.1 Å². The number of methoxy groups -OCH3 is 1. The number of hydrogen-bond donors (Lipinski definition) is 5. The molecule has 6 atom stereocenters. The Bertz CT molecular complexity index is 1330. The van der Waals surface area contributed by atoms with E-state index >= 15 is 0 Å². The molecule has 3 aliphatic rings. The zero-order chi connectivity index (χ0) is 27.5. The molecule has 2 aliphatic carbocycles. The van der Waals surface area contributed by atoms with E-state index in [1.807, 2.05) is 0 Å². The van der Waals surface area contributed by atoms with E-state index in [1.54, 1.807) is 6.92 Å². The molecule has 11 nitrogen and oxygen atoms in total. The highest BCUT2D eigenvalue weighted by atomic mass is 16.7. The fourth-order valence-corrected chi connectivity index (χ4v) is 5.73. The average molecular weight is 528 g/mol. The van der Waals surface area contributed by atoms with Crippen LogP contribution in [0.3, 0.4) is 0 Å². The van der Waals surface area contributed by atoms with Gasteiger partial charge >= 0.3 is 0 Å². The lowest BCUT2D eigenvalue weighted by Crippen LogP contribution is -2.52. The summed E-state index contributed by atoms with van der Waals surface area (Å²) in [4.78, 5) is 39.6. The SMILES string of the molecule is COc1cccc2c1C(=O)c1c(O)c3c(c(O)c1C2=O)CC(C(=O)CO)C[C@@H]3O[C@H]1C[C@H](N)[C@H](O)[C@H](C)O1. The lowest BCUT2D eigenvalue weighted by atomic mass is 9.73. The molecule has 1 unspecified atom stereocenters. The van der Waals surface area contributed by atoms with Gasteiger partial charge in [0.2, 0.25) is 5.78 Å². The molecule has 2 aromatic rings. The minimum absolute atomic E-state index is 0.00621. The number of ketones is 3. The first-order valence-corrected chi connectivity index (χ1v) is 12.3. The first-order chi connectivity index (χ1) is 18.1. The highest BCUT2D eigenvalue weighted by Crippen LogP contribution is 2.51. The van der Waals surface area contributed by atoms with Crippen LogP contribution < -0.4 is 10.5 Å². The smallest absolute Gasteiger partial charge is 0.202 e. The number of benzene rings is 2. The summed E-state index contributed by atoms with van der Waals surface area (Å²) in [5, 5.41) is 42.4. The summed E-state index contributed by atoms with van der Waals surface area (Å²) in [6, 6.07) is 3.83. The first-order valence-electron chi connectivity index (χ1n) is 12.3. The van der Waals surface area contributed by atoms with Crippen molar-refractivity contribution in [1.29, 1.82) is 0 Å². The van der Waals surface area contributed by atoms with Crippen molar-refractivity contribution in [3.8, 4) is 17.2 Å². The monoisotopic (exact) mass is 527 g/mol. The van der Waals surface area contributed by atoms with Gasteiger partial charge in [-0.1, -0.05) is 12.1 Å². The summed E-state index contributed by atoms with van der Waals surface area (Å²) in [5.74, 6) is -3.64. The molecule has 38 heavy (non-hydrogen) atoms. The number of carbonyl (C=O) groups excluding carboxylic acids is 3. The average Bonchev–Trinajstić information content (AvgIpc) is 2.90. The van der Waals surface area contributed by atoms with E-state index in [1.165, 1.54) is 25.3 Å². The van der Waals surface area contributed by atoms with Crippen LogP contribution >= 0.6 is 0 Å². The quantitative estimate of drug-likeness (QED) is 0.297. The molecule has 11 heteroatoms. The molecule has 0 spiro atoms. The zero-order valence-electron chi connectivity index (χ0n) is 20.8. The Morgan fingerprint density at radius 1 is 1.11 bits per heavy atom. The van der Waals surface area contributed by atoms with Gasteiger partial charge in [0.15, 0.2) is 17.9 Å². The molecule has 0 bridgehead atoms. The van der Waals surface area contributed by atoms with Gasteiger partial charge in [-0.15, -0.1) is 0 Å². The zero-order valence-corrected chi connectivity index (χ0v) is 20.8. The third-order valence-corrected chi connectivity index (χ3v) is 7.71. The Balaban J connectivity index is 1.65. The molecule has 0 amide bonds. The molecular weight excluding hydrogens is 498 g/mol. The number of nitrogens with two attached hydrogens (primary N) is 1. The van der Waals surface area contributed by atoms with Crippen molar-refractivity contribution < 1.29 is 49.0 Å². The highest BCUT2D eigenvalue weighted by Gasteiger charge is 2.45. The number of aromatic hydroxyl groups is 2. The summed E-state index contributed by atoms with van der Waals surface area (Å²) < 4.78 is 17.2. The molecule has 0 aromatic heterocycles. The predicted molar refractivity (Wildman–Crippen MR) is 130 cm³/mol. The number of rotatable bonds is 5. The lowest BCUT2D eigenvalue weighted by molar-refractivity contribution is -0.243. The van der Waals surface area contributed by atoms with Crippen molar-refractivity contribution in [3.05, 3.63) is 51.6 Å². The maximum absolute atomic E-state index is 13.6. The fourth-order valence-electron chi connectivity index (χ4n) is 5.73. The first kappa shape index (κ1) is 26.3. The van der Waals surface area contributed by atoms with Crippen molar-refractivity contribution >= 4 is 17.3 Å². The normalized spacial score (nSPS) is 28.3. The van der Waals surface area contributed by atoms with Crippen molar-refractivity contribution in [2.45, 2.75) is 56.8 Å². The topological polar surface area (TPSA) is 186 Å². The van der Waals surface area contributed by atoms with E-state index in [-0.39, 0.29) is 58.4 Å². The summed E-state index contributed by atoms with van der Waals surface area (Å²) >= 11 is 0. The number of aliphatic hydroxyl groups excluding tert-OH is 2. The number of Topliss-reactive ketones (excluding diaryl/α,β-unsaturated/α-hetero) is 1. The predicted octanol–water partition coefficient (Wildman–Crippen LogP) is 0.886. The molecule has 1 heterocycles. The van der Waals surface area contributed by atoms with E-state index < -0.39 is 72.0 Å². The summed E-state index contributed by atoms with van der Waals surface area (Å²) in [7, 11) is 1.35. The van der Waals surface area contributed by atoms with E-state index in [0.29, 0.717) is 0 Å². The van der Waals surface area contributed by atoms with Crippen LogP contribution in [0.4, 0.5) is 0 Å². The van der Waals surface area contributed by atoms with Crippen LogP contribution in [0.2, 0.25) is 0 Å².